The van der Waals surface area contributed by atoms with Gasteiger partial charge in [0.25, 0.3) is 0 Å². The van der Waals surface area contributed by atoms with E-state index in [1.54, 1.807) is 0 Å². The zero-order valence-electron chi connectivity index (χ0n) is 7.45. The van der Waals surface area contributed by atoms with Gasteiger partial charge in [-0.1, -0.05) is 0 Å². The van der Waals surface area contributed by atoms with Gasteiger partial charge in [-0.05, 0) is 25.8 Å². The summed E-state index contributed by atoms with van der Waals surface area (Å²) in [6.07, 6.45) is 2.88. The van der Waals surface area contributed by atoms with Gasteiger partial charge in [0.2, 0.25) is 0 Å². The maximum atomic E-state index is 3.30. The Balaban J connectivity index is 0.000000605. The molecule has 74 valence electrons. The molecule has 0 atom stereocenters. The van der Waals surface area contributed by atoms with Crippen LogP contribution >= 0.6 is 24.8 Å². The Morgan fingerprint density at radius 3 is 2.17 bits per heavy atom. The summed E-state index contributed by atoms with van der Waals surface area (Å²) in [5.41, 5.74) is 0. The van der Waals surface area contributed by atoms with Crippen molar-refractivity contribution < 1.29 is 0 Å². The molecule has 0 radical (unpaired) electrons. The molecular weight excluding hydrogens is 195 g/mol. The van der Waals surface area contributed by atoms with E-state index in [0.29, 0.717) is 0 Å². The van der Waals surface area contributed by atoms with E-state index in [1.807, 2.05) is 0 Å². The van der Waals surface area contributed by atoms with Crippen LogP contribution in [-0.2, 0) is 0 Å². The van der Waals surface area contributed by atoms with Crippen LogP contribution in [0.5, 0.6) is 0 Å². The molecule has 1 heterocycles. The van der Waals surface area contributed by atoms with Crippen molar-refractivity contribution in [3.63, 3.8) is 0 Å². The van der Waals surface area contributed by atoms with E-state index in [2.05, 4.69) is 17.3 Å². The predicted octanol–water partition coefficient (Wildman–Crippen LogP) is 1.14. The first-order chi connectivity index (χ1) is 4.86. The maximum absolute atomic E-state index is 3.30. The number of nitrogens with zero attached hydrogens (tertiary/aromatic N) is 1. The molecule has 1 N–H and O–H groups in total. The van der Waals surface area contributed by atoms with Gasteiger partial charge in [0.15, 0.2) is 0 Å². The largest absolute Gasteiger partial charge is 0.316 e. The van der Waals surface area contributed by atoms with Crippen LogP contribution in [0, 0.1) is 5.92 Å². The highest BCUT2D eigenvalue weighted by molar-refractivity contribution is 5.85. The molecule has 0 spiro atoms. The van der Waals surface area contributed by atoms with Crippen molar-refractivity contribution in [3.8, 4) is 0 Å². The molecule has 2 fully saturated rings. The van der Waals surface area contributed by atoms with Crippen molar-refractivity contribution in [1.82, 2.24) is 10.2 Å². The average molecular weight is 213 g/mol. The van der Waals surface area contributed by atoms with Gasteiger partial charge in [-0.25, -0.2) is 0 Å². The Kier molecular flexibility index (Phi) is 5.50. The fourth-order valence-corrected chi connectivity index (χ4v) is 1.55. The molecule has 0 aromatic carbocycles. The molecule has 0 aromatic rings. The molecule has 0 bridgehead atoms. The van der Waals surface area contributed by atoms with Crippen molar-refractivity contribution in [3.05, 3.63) is 0 Å². The van der Waals surface area contributed by atoms with Crippen molar-refractivity contribution in [2.75, 3.05) is 26.7 Å². The SMILES string of the molecule is CN(CC1CNC1)C1CC1.Cl.Cl. The zero-order valence-corrected chi connectivity index (χ0v) is 9.09. The molecule has 2 aliphatic rings. The van der Waals surface area contributed by atoms with Gasteiger partial charge in [0, 0.05) is 25.7 Å². The highest BCUT2D eigenvalue weighted by Crippen LogP contribution is 2.26. The molecule has 2 nitrogen and oxygen atoms in total. The molecule has 1 aliphatic carbocycles. The summed E-state index contributed by atoms with van der Waals surface area (Å²) in [7, 11) is 2.26. The zero-order chi connectivity index (χ0) is 6.97. The second-order valence-corrected chi connectivity index (χ2v) is 3.70. The molecule has 0 unspecified atom stereocenters. The third-order valence-electron chi connectivity index (χ3n) is 2.58. The summed E-state index contributed by atoms with van der Waals surface area (Å²) in [4.78, 5) is 2.52. The third kappa shape index (κ3) is 3.09. The van der Waals surface area contributed by atoms with Gasteiger partial charge in [0.1, 0.15) is 0 Å². The van der Waals surface area contributed by atoms with Gasteiger partial charge < -0.3 is 10.2 Å². The van der Waals surface area contributed by atoms with Gasteiger partial charge in [0.05, 0.1) is 0 Å². The molecule has 4 heteroatoms. The van der Waals surface area contributed by atoms with Crippen LogP contribution in [-0.4, -0.2) is 37.6 Å². The normalized spacial score (nSPS) is 22.5. The maximum Gasteiger partial charge on any atom is 0.00935 e. The number of nitrogens with one attached hydrogen (secondary N) is 1. The van der Waals surface area contributed by atoms with Crippen LogP contribution in [0.15, 0.2) is 0 Å². The highest BCUT2D eigenvalue weighted by Gasteiger charge is 2.28. The fraction of sp³-hybridized carbons (Fsp3) is 1.00. The highest BCUT2D eigenvalue weighted by atomic mass is 35.5. The lowest BCUT2D eigenvalue weighted by Crippen LogP contribution is -2.47. The molecule has 12 heavy (non-hydrogen) atoms. The number of hydrogen-bond acceptors (Lipinski definition) is 2. The van der Waals surface area contributed by atoms with Crippen molar-refractivity contribution in [2.45, 2.75) is 18.9 Å². The number of rotatable bonds is 3. The van der Waals surface area contributed by atoms with E-state index in [4.69, 9.17) is 0 Å². The van der Waals surface area contributed by atoms with Crippen LogP contribution in [0.3, 0.4) is 0 Å². The molecule has 0 aromatic heterocycles. The number of halogens is 2. The van der Waals surface area contributed by atoms with Gasteiger partial charge in [-0.2, -0.15) is 0 Å². The van der Waals surface area contributed by atoms with Crippen LogP contribution in [0.4, 0.5) is 0 Å². The van der Waals surface area contributed by atoms with E-state index in [0.717, 1.165) is 12.0 Å². The first-order valence-corrected chi connectivity index (χ1v) is 4.27. The van der Waals surface area contributed by atoms with Crippen LogP contribution in [0.1, 0.15) is 12.8 Å². The summed E-state index contributed by atoms with van der Waals surface area (Å²) in [6.45, 7) is 3.81. The average Bonchev–Trinajstić information content (AvgIpc) is 2.58. The Labute approximate surface area is 86.9 Å². The molecule has 1 saturated heterocycles. The lowest BCUT2D eigenvalue weighted by atomic mass is 10.0. The van der Waals surface area contributed by atoms with E-state index >= 15 is 0 Å². The molecular formula is C8H18Cl2N2. The standard InChI is InChI=1S/C8H16N2.2ClH/c1-10(8-2-3-8)6-7-4-9-5-7;;/h7-9H,2-6H2,1H3;2*1H. The molecule has 1 saturated carbocycles. The first kappa shape index (κ1) is 12.5. The van der Waals surface area contributed by atoms with Crippen molar-refractivity contribution in [1.29, 1.82) is 0 Å². The summed E-state index contributed by atoms with van der Waals surface area (Å²) >= 11 is 0. The van der Waals surface area contributed by atoms with Crippen LogP contribution < -0.4 is 5.32 Å². The smallest absolute Gasteiger partial charge is 0.00935 e. The summed E-state index contributed by atoms with van der Waals surface area (Å²) in [6, 6.07) is 0.945. The van der Waals surface area contributed by atoms with Gasteiger partial charge >= 0.3 is 0 Å². The minimum atomic E-state index is 0. The summed E-state index contributed by atoms with van der Waals surface area (Å²) < 4.78 is 0. The van der Waals surface area contributed by atoms with E-state index < -0.39 is 0 Å². The predicted molar refractivity (Wildman–Crippen MR) is 56.5 cm³/mol. The fourth-order valence-electron chi connectivity index (χ4n) is 1.55. The van der Waals surface area contributed by atoms with E-state index in [9.17, 15) is 0 Å². The first-order valence-electron chi connectivity index (χ1n) is 4.27. The Bertz CT molecular complexity index is 124. The van der Waals surface area contributed by atoms with Gasteiger partial charge in [-0.3, -0.25) is 0 Å². The van der Waals surface area contributed by atoms with Crippen molar-refractivity contribution in [2.24, 2.45) is 5.92 Å². The molecule has 1 aliphatic heterocycles. The summed E-state index contributed by atoms with van der Waals surface area (Å²) in [5, 5.41) is 3.30. The van der Waals surface area contributed by atoms with E-state index in [-0.39, 0.29) is 24.8 Å². The van der Waals surface area contributed by atoms with Crippen molar-refractivity contribution >= 4 is 24.8 Å². The number of hydrogen-bond donors (Lipinski definition) is 1. The molecule has 0 amide bonds. The van der Waals surface area contributed by atoms with Crippen LogP contribution in [0.2, 0.25) is 0 Å². The van der Waals surface area contributed by atoms with E-state index in [1.165, 1.54) is 32.5 Å². The van der Waals surface area contributed by atoms with Crippen LogP contribution in [0.25, 0.3) is 0 Å². The lowest BCUT2D eigenvalue weighted by Gasteiger charge is -2.31. The minimum Gasteiger partial charge on any atom is -0.316 e. The second kappa shape index (κ2) is 5.28. The second-order valence-electron chi connectivity index (χ2n) is 3.70. The Morgan fingerprint density at radius 1 is 1.25 bits per heavy atom. The topological polar surface area (TPSA) is 15.3 Å². The van der Waals surface area contributed by atoms with Gasteiger partial charge in [-0.15, -0.1) is 24.8 Å². The third-order valence-corrected chi connectivity index (χ3v) is 2.58. The lowest BCUT2D eigenvalue weighted by molar-refractivity contribution is 0.217. The molecule has 2 rings (SSSR count). The quantitative estimate of drug-likeness (QED) is 0.756. The monoisotopic (exact) mass is 212 g/mol. The minimum absolute atomic E-state index is 0. The summed E-state index contributed by atoms with van der Waals surface area (Å²) in [5.74, 6) is 0.950. The Morgan fingerprint density at radius 2 is 1.83 bits per heavy atom. The Hall–Kier alpha value is 0.500.